The van der Waals surface area contributed by atoms with Gasteiger partial charge in [-0.15, -0.1) is 0 Å². The molecule has 184 valence electrons. The summed E-state index contributed by atoms with van der Waals surface area (Å²) in [5.74, 6) is 0.578. The number of hydrogen-bond donors (Lipinski definition) is 3. The fourth-order valence-electron chi connectivity index (χ4n) is 3.82. The minimum Gasteiger partial charge on any atom is -0.618 e. The molecule has 1 aliphatic rings. The lowest BCUT2D eigenvalue weighted by Crippen LogP contribution is -2.33. The molecule has 2 amide bonds. The van der Waals surface area contributed by atoms with Crippen LogP contribution in [-0.4, -0.2) is 29.5 Å². The highest BCUT2D eigenvalue weighted by molar-refractivity contribution is 7.99. The predicted molar refractivity (Wildman–Crippen MR) is 134 cm³/mol. The lowest BCUT2D eigenvalue weighted by atomic mass is 10.0. The quantitative estimate of drug-likeness (QED) is 0.245. The number of aliphatic hydroxyl groups excluding tert-OH is 1. The van der Waals surface area contributed by atoms with Gasteiger partial charge in [0.25, 0.3) is 5.03 Å². The minimum atomic E-state index is -0.650. The SMILES string of the molecule is CCNC(=O)Nc1cccc(C2OC(CSc3cccc[n+]3[O-])CC(c3ccc(CO)cc3)O2)c1. The summed E-state index contributed by atoms with van der Waals surface area (Å²) in [5, 5.41) is 27.6. The van der Waals surface area contributed by atoms with Crippen molar-refractivity contribution in [2.75, 3.05) is 17.6 Å². The highest BCUT2D eigenvalue weighted by atomic mass is 32.2. The Kier molecular flexibility index (Phi) is 8.59. The summed E-state index contributed by atoms with van der Waals surface area (Å²) >= 11 is 1.44. The number of urea groups is 1. The molecule has 0 bridgehead atoms. The molecule has 9 heteroatoms. The Bertz CT molecular complexity index is 1130. The molecule has 8 nitrogen and oxygen atoms in total. The lowest BCUT2D eigenvalue weighted by Gasteiger charge is -2.36. The van der Waals surface area contributed by atoms with Crippen LogP contribution in [0, 0.1) is 5.21 Å². The van der Waals surface area contributed by atoms with Gasteiger partial charge in [0, 0.05) is 42.1 Å². The van der Waals surface area contributed by atoms with E-state index in [9.17, 15) is 15.1 Å². The zero-order valence-corrected chi connectivity index (χ0v) is 20.2. The molecule has 1 fully saturated rings. The number of rotatable bonds is 8. The Balaban J connectivity index is 1.54. The van der Waals surface area contributed by atoms with Crippen molar-refractivity contribution in [2.45, 2.75) is 43.5 Å². The summed E-state index contributed by atoms with van der Waals surface area (Å²) in [5.41, 5.74) is 3.24. The maximum absolute atomic E-state index is 12.1. The van der Waals surface area contributed by atoms with Crippen LogP contribution in [0.25, 0.3) is 0 Å². The Hall–Kier alpha value is -3.11. The zero-order valence-electron chi connectivity index (χ0n) is 19.4. The van der Waals surface area contributed by atoms with Crippen LogP contribution in [0.1, 0.15) is 42.4 Å². The molecule has 0 spiro atoms. The fourth-order valence-corrected chi connectivity index (χ4v) is 4.76. The highest BCUT2D eigenvalue weighted by Gasteiger charge is 2.32. The molecule has 3 atom stereocenters. The maximum atomic E-state index is 12.1. The third-order valence-corrected chi connectivity index (χ3v) is 6.72. The molecule has 1 aliphatic heterocycles. The summed E-state index contributed by atoms with van der Waals surface area (Å²) in [4.78, 5) is 12.0. The van der Waals surface area contributed by atoms with Crippen molar-refractivity contribution >= 4 is 23.5 Å². The molecule has 3 N–H and O–H groups in total. The van der Waals surface area contributed by atoms with Gasteiger partial charge in [0.15, 0.2) is 12.5 Å². The van der Waals surface area contributed by atoms with Crippen LogP contribution in [0.15, 0.2) is 78.0 Å². The van der Waals surface area contributed by atoms with Crippen LogP contribution in [-0.2, 0) is 16.1 Å². The van der Waals surface area contributed by atoms with Crippen LogP contribution in [0.4, 0.5) is 10.5 Å². The van der Waals surface area contributed by atoms with Gasteiger partial charge in [0.2, 0.25) is 0 Å². The van der Waals surface area contributed by atoms with Crippen molar-refractivity contribution in [1.29, 1.82) is 0 Å². The molecular formula is C26H29N3O5S. The normalized spacial score (nSPS) is 19.8. The number of carbonyl (C=O) groups excluding carboxylic acids is 1. The first-order chi connectivity index (χ1) is 17.1. The van der Waals surface area contributed by atoms with E-state index in [1.807, 2.05) is 61.5 Å². The number of thioether (sulfide) groups is 1. The van der Waals surface area contributed by atoms with Crippen molar-refractivity contribution in [3.8, 4) is 0 Å². The smallest absolute Gasteiger partial charge is 0.319 e. The topological polar surface area (TPSA) is 107 Å². The van der Waals surface area contributed by atoms with E-state index >= 15 is 0 Å². The number of aromatic nitrogens is 1. The first-order valence-corrected chi connectivity index (χ1v) is 12.5. The average molecular weight is 496 g/mol. The van der Waals surface area contributed by atoms with Crippen LogP contribution >= 0.6 is 11.8 Å². The van der Waals surface area contributed by atoms with Crippen molar-refractivity contribution in [1.82, 2.24) is 5.32 Å². The monoisotopic (exact) mass is 495 g/mol. The van der Waals surface area contributed by atoms with Crippen LogP contribution < -0.4 is 15.4 Å². The largest absolute Gasteiger partial charge is 0.618 e. The van der Waals surface area contributed by atoms with Gasteiger partial charge < -0.3 is 30.4 Å². The van der Waals surface area contributed by atoms with Crippen LogP contribution in [0.3, 0.4) is 0 Å². The Morgan fingerprint density at radius 2 is 1.94 bits per heavy atom. The van der Waals surface area contributed by atoms with Gasteiger partial charge in [-0.25, -0.2) is 4.79 Å². The van der Waals surface area contributed by atoms with E-state index in [2.05, 4.69) is 10.6 Å². The second-order valence-corrected chi connectivity index (χ2v) is 9.18. The number of aliphatic hydroxyl groups is 1. The third kappa shape index (κ3) is 6.73. The molecule has 0 saturated carbocycles. The van der Waals surface area contributed by atoms with Crippen molar-refractivity contribution in [3.63, 3.8) is 0 Å². The van der Waals surface area contributed by atoms with Crippen LogP contribution in [0.2, 0.25) is 0 Å². The number of nitrogens with zero attached hydrogens (tertiary/aromatic N) is 1. The van der Waals surface area contributed by atoms with Gasteiger partial charge in [-0.05, 0) is 36.2 Å². The summed E-state index contributed by atoms with van der Waals surface area (Å²) in [7, 11) is 0. The van der Waals surface area contributed by atoms with Gasteiger partial charge in [0.1, 0.15) is 0 Å². The molecule has 2 aromatic carbocycles. The molecule has 3 aromatic rings. The Labute approximate surface area is 208 Å². The number of carbonyl (C=O) groups is 1. The Morgan fingerprint density at radius 3 is 2.69 bits per heavy atom. The second kappa shape index (κ2) is 12.0. The maximum Gasteiger partial charge on any atom is 0.319 e. The molecule has 3 unspecified atom stereocenters. The van der Waals surface area contributed by atoms with Gasteiger partial charge in [0.05, 0.1) is 18.8 Å². The molecule has 35 heavy (non-hydrogen) atoms. The number of nitrogens with one attached hydrogen (secondary N) is 2. The summed E-state index contributed by atoms with van der Waals surface area (Å²) in [6.45, 7) is 2.37. The molecule has 4 rings (SSSR count). The highest BCUT2D eigenvalue weighted by Crippen LogP contribution is 2.39. The summed E-state index contributed by atoms with van der Waals surface area (Å²) < 4.78 is 13.5. The summed E-state index contributed by atoms with van der Waals surface area (Å²) in [6, 6.07) is 20.1. The summed E-state index contributed by atoms with van der Waals surface area (Å²) in [6.07, 6.45) is 1.03. The first kappa shape index (κ1) is 25.0. The number of benzene rings is 2. The lowest BCUT2D eigenvalue weighted by molar-refractivity contribution is -0.645. The van der Waals surface area contributed by atoms with Crippen molar-refractivity contribution in [3.05, 3.63) is 94.8 Å². The standard InChI is InChI=1S/C26H29N3O5S/c1-2-27-26(31)28-21-7-5-6-20(14-21)25-33-22(17-35-24-8-3-4-13-29(24)32)15-23(34-25)19-11-9-18(16-30)10-12-19/h3-14,22-23,25,30H,2,15-17H2,1H3,(H2,27,28,31). The van der Waals surface area contributed by atoms with Gasteiger partial charge in [-0.2, -0.15) is 4.73 Å². The second-order valence-electron chi connectivity index (χ2n) is 8.14. The number of pyridine rings is 1. The zero-order chi connectivity index (χ0) is 24.6. The fraction of sp³-hybridized carbons (Fsp3) is 0.308. The van der Waals surface area contributed by atoms with Crippen molar-refractivity contribution < 1.29 is 24.1 Å². The molecule has 2 heterocycles. The van der Waals surface area contributed by atoms with Gasteiger partial charge in [-0.1, -0.05) is 48.2 Å². The van der Waals surface area contributed by atoms with E-state index in [4.69, 9.17) is 9.47 Å². The minimum absolute atomic E-state index is 0.0194. The molecule has 0 radical (unpaired) electrons. The van der Waals surface area contributed by atoms with Gasteiger partial charge in [-0.3, -0.25) is 0 Å². The average Bonchev–Trinajstić information content (AvgIpc) is 2.88. The van der Waals surface area contributed by atoms with E-state index in [1.165, 1.54) is 18.0 Å². The van der Waals surface area contributed by atoms with E-state index in [0.29, 0.717) is 29.4 Å². The van der Waals surface area contributed by atoms with Crippen LogP contribution in [0.5, 0.6) is 0 Å². The Morgan fingerprint density at radius 1 is 1.11 bits per heavy atom. The van der Waals surface area contributed by atoms with Gasteiger partial charge >= 0.3 is 6.03 Å². The predicted octanol–water partition coefficient (Wildman–Crippen LogP) is 4.29. The van der Waals surface area contributed by atoms with E-state index < -0.39 is 6.29 Å². The molecule has 1 saturated heterocycles. The third-order valence-electron chi connectivity index (χ3n) is 5.57. The molecule has 0 aliphatic carbocycles. The van der Waals surface area contributed by atoms with E-state index in [-0.39, 0.29) is 24.8 Å². The first-order valence-electron chi connectivity index (χ1n) is 11.5. The number of hydrogen-bond acceptors (Lipinski definition) is 6. The number of amides is 2. The molecule has 1 aromatic heterocycles. The van der Waals surface area contributed by atoms with Crippen molar-refractivity contribution in [2.24, 2.45) is 0 Å². The number of ether oxygens (including phenoxy) is 2. The van der Waals surface area contributed by atoms with E-state index in [1.54, 1.807) is 12.1 Å². The van der Waals surface area contributed by atoms with E-state index in [0.717, 1.165) is 21.4 Å². The molecular weight excluding hydrogens is 466 g/mol. The number of anilines is 1.